The van der Waals surface area contributed by atoms with E-state index in [9.17, 15) is 9.59 Å². The van der Waals surface area contributed by atoms with Crippen molar-refractivity contribution in [1.82, 2.24) is 20.0 Å². The van der Waals surface area contributed by atoms with Gasteiger partial charge in [-0.3, -0.25) is 14.3 Å². The fourth-order valence-corrected chi connectivity index (χ4v) is 4.12. The third-order valence-corrected chi connectivity index (χ3v) is 5.71. The average Bonchev–Trinajstić information content (AvgIpc) is 3.42. The van der Waals surface area contributed by atoms with Gasteiger partial charge < -0.3 is 10.2 Å². The van der Waals surface area contributed by atoms with Crippen LogP contribution in [-0.2, 0) is 22.7 Å². The highest BCUT2D eigenvalue weighted by Gasteiger charge is 2.21. The van der Waals surface area contributed by atoms with Crippen molar-refractivity contribution in [2.24, 2.45) is 0 Å². The number of aryl methyl sites for hydroxylation is 1. The molecule has 0 saturated heterocycles. The van der Waals surface area contributed by atoms with Crippen LogP contribution in [0.3, 0.4) is 0 Å². The summed E-state index contributed by atoms with van der Waals surface area (Å²) in [6, 6.07) is 18.0. The van der Waals surface area contributed by atoms with Gasteiger partial charge in [-0.25, -0.2) is 0 Å². The van der Waals surface area contributed by atoms with Gasteiger partial charge in [0.2, 0.25) is 11.8 Å². The molecule has 1 aliphatic rings. The van der Waals surface area contributed by atoms with Crippen LogP contribution >= 0.6 is 0 Å². The van der Waals surface area contributed by atoms with Crippen LogP contribution in [0, 0.1) is 0 Å². The second-order valence-electron chi connectivity index (χ2n) is 7.96. The van der Waals surface area contributed by atoms with Crippen LogP contribution in [0.2, 0.25) is 0 Å². The monoisotopic (exact) mass is 404 g/mol. The maximum Gasteiger partial charge on any atom is 0.239 e. The lowest BCUT2D eigenvalue weighted by Crippen LogP contribution is -2.43. The van der Waals surface area contributed by atoms with E-state index in [0.29, 0.717) is 19.5 Å². The van der Waals surface area contributed by atoms with E-state index < -0.39 is 0 Å². The topological polar surface area (TPSA) is 67.2 Å². The van der Waals surface area contributed by atoms with E-state index >= 15 is 0 Å². The quantitative estimate of drug-likeness (QED) is 0.625. The number of benzene rings is 2. The van der Waals surface area contributed by atoms with Crippen molar-refractivity contribution >= 4 is 22.7 Å². The lowest BCUT2D eigenvalue weighted by atomic mass is 10.2. The minimum atomic E-state index is -0.0734. The summed E-state index contributed by atoms with van der Waals surface area (Å²) in [4.78, 5) is 27.3. The predicted octanol–water partition coefficient (Wildman–Crippen LogP) is 3.51. The van der Waals surface area contributed by atoms with Crippen molar-refractivity contribution in [1.29, 1.82) is 0 Å². The Morgan fingerprint density at radius 1 is 1.03 bits per heavy atom. The van der Waals surface area contributed by atoms with Crippen LogP contribution in [0.4, 0.5) is 0 Å². The molecule has 1 heterocycles. The molecule has 0 radical (unpaired) electrons. The second-order valence-corrected chi connectivity index (χ2v) is 7.96. The lowest BCUT2D eigenvalue weighted by molar-refractivity contribution is -0.137. The van der Waals surface area contributed by atoms with Crippen molar-refractivity contribution < 1.29 is 9.59 Å². The van der Waals surface area contributed by atoms with Gasteiger partial charge in [-0.05, 0) is 24.5 Å². The van der Waals surface area contributed by atoms with E-state index in [0.717, 1.165) is 42.1 Å². The van der Waals surface area contributed by atoms with Gasteiger partial charge in [0, 0.05) is 24.4 Å². The standard InChI is InChI=1S/C24H28N4O2/c29-23(26-21-11-5-6-12-21)18-27(17-19-8-2-1-3-9-19)24(30)14-15-28-22-13-7-4-10-20(22)16-25-28/h1-4,7-10,13,16,21H,5-6,11-12,14-15,17-18H2,(H,26,29). The van der Waals surface area contributed by atoms with Gasteiger partial charge in [0.05, 0.1) is 24.8 Å². The zero-order chi connectivity index (χ0) is 20.8. The van der Waals surface area contributed by atoms with Gasteiger partial charge in [-0.1, -0.05) is 61.4 Å². The number of carbonyl (C=O) groups is 2. The molecule has 1 N–H and O–H groups in total. The minimum Gasteiger partial charge on any atom is -0.352 e. The average molecular weight is 405 g/mol. The van der Waals surface area contributed by atoms with Crippen LogP contribution in [-0.4, -0.2) is 39.1 Å². The summed E-state index contributed by atoms with van der Waals surface area (Å²) >= 11 is 0. The Bertz CT molecular complexity index is 993. The number of nitrogens with one attached hydrogen (secondary N) is 1. The lowest BCUT2D eigenvalue weighted by Gasteiger charge is -2.23. The van der Waals surface area contributed by atoms with Gasteiger partial charge in [0.25, 0.3) is 0 Å². The molecule has 156 valence electrons. The number of nitrogens with zero attached hydrogens (tertiary/aromatic N) is 3. The molecule has 1 saturated carbocycles. The van der Waals surface area contributed by atoms with Crippen molar-refractivity contribution in [2.75, 3.05) is 6.54 Å². The molecule has 0 atom stereocenters. The summed E-state index contributed by atoms with van der Waals surface area (Å²) in [5, 5.41) is 8.56. The van der Waals surface area contributed by atoms with E-state index in [4.69, 9.17) is 0 Å². The summed E-state index contributed by atoms with van der Waals surface area (Å²) in [7, 11) is 0. The molecule has 1 aromatic heterocycles. The molecule has 30 heavy (non-hydrogen) atoms. The first kappa shape index (κ1) is 20.1. The Hall–Kier alpha value is -3.15. The van der Waals surface area contributed by atoms with Gasteiger partial charge in [-0.2, -0.15) is 5.10 Å². The normalized spacial score (nSPS) is 14.1. The molecule has 1 aliphatic carbocycles. The Balaban J connectivity index is 1.41. The Morgan fingerprint density at radius 2 is 1.77 bits per heavy atom. The molecule has 4 rings (SSSR count). The zero-order valence-corrected chi connectivity index (χ0v) is 17.2. The van der Waals surface area contributed by atoms with Crippen molar-refractivity contribution in [3.05, 3.63) is 66.4 Å². The number of rotatable bonds is 8. The summed E-state index contributed by atoms with van der Waals surface area (Å²) in [5.41, 5.74) is 2.03. The Labute approximate surface area is 176 Å². The van der Waals surface area contributed by atoms with Crippen molar-refractivity contribution in [3.8, 4) is 0 Å². The number of hydrogen-bond donors (Lipinski definition) is 1. The highest BCUT2D eigenvalue weighted by Crippen LogP contribution is 2.18. The van der Waals surface area contributed by atoms with Crippen molar-refractivity contribution in [3.63, 3.8) is 0 Å². The van der Waals surface area contributed by atoms with Gasteiger partial charge >= 0.3 is 0 Å². The first-order valence-electron chi connectivity index (χ1n) is 10.7. The summed E-state index contributed by atoms with van der Waals surface area (Å²) in [6.45, 7) is 1.00. The third-order valence-electron chi connectivity index (χ3n) is 5.71. The Morgan fingerprint density at radius 3 is 2.57 bits per heavy atom. The maximum absolute atomic E-state index is 13.1. The molecule has 0 unspecified atom stereocenters. The zero-order valence-electron chi connectivity index (χ0n) is 17.2. The van der Waals surface area contributed by atoms with Crippen LogP contribution in [0.15, 0.2) is 60.8 Å². The number of para-hydroxylation sites is 1. The van der Waals surface area contributed by atoms with Crippen LogP contribution in [0.5, 0.6) is 0 Å². The molecule has 6 heteroatoms. The molecule has 0 spiro atoms. The first-order chi connectivity index (χ1) is 14.7. The summed E-state index contributed by atoms with van der Waals surface area (Å²) in [6.07, 6.45) is 6.51. The van der Waals surface area contributed by atoms with E-state index in [1.807, 2.05) is 65.5 Å². The van der Waals surface area contributed by atoms with Gasteiger partial charge in [-0.15, -0.1) is 0 Å². The van der Waals surface area contributed by atoms with Crippen LogP contribution in [0.1, 0.15) is 37.7 Å². The largest absolute Gasteiger partial charge is 0.352 e. The molecule has 2 aromatic carbocycles. The van der Waals surface area contributed by atoms with E-state index in [2.05, 4.69) is 10.4 Å². The highest BCUT2D eigenvalue weighted by molar-refractivity contribution is 5.85. The smallest absolute Gasteiger partial charge is 0.239 e. The fraction of sp³-hybridized carbons (Fsp3) is 0.375. The number of amides is 2. The number of fused-ring (bicyclic) bond motifs is 1. The van der Waals surface area contributed by atoms with E-state index in [-0.39, 0.29) is 24.4 Å². The molecule has 1 fully saturated rings. The SMILES string of the molecule is O=C(CN(Cc1ccccc1)C(=O)CCn1ncc2ccccc21)NC1CCCC1. The fourth-order valence-electron chi connectivity index (χ4n) is 4.12. The van der Waals surface area contributed by atoms with Crippen LogP contribution in [0.25, 0.3) is 10.9 Å². The van der Waals surface area contributed by atoms with Crippen molar-refractivity contribution in [2.45, 2.75) is 51.2 Å². The molecule has 3 aromatic rings. The first-order valence-corrected chi connectivity index (χ1v) is 10.7. The van der Waals surface area contributed by atoms with Crippen LogP contribution < -0.4 is 5.32 Å². The molecule has 2 amide bonds. The van der Waals surface area contributed by atoms with E-state index in [1.165, 1.54) is 0 Å². The minimum absolute atomic E-state index is 0.0417. The summed E-state index contributed by atoms with van der Waals surface area (Å²) in [5.74, 6) is -0.115. The van der Waals surface area contributed by atoms with E-state index in [1.54, 1.807) is 4.90 Å². The number of hydrogen-bond acceptors (Lipinski definition) is 3. The predicted molar refractivity (Wildman–Crippen MR) is 117 cm³/mol. The maximum atomic E-state index is 13.1. The number of aromatic nitrogens is 2. The Kier molecular flexibility index (Phi) is 6.42. The summed E-state index contributed by atoms with van der Waals surface area (Å²) < 4.78 is 1.85. The molecular formula is C24H28N4O2. The number of carbonyl (C=O) groups excluding carboxylic acids is 2. The molecule has 0 bridgehead atoms. The van der Waals surface area contributed by atoms with Gasteiger partial charge in [0.1, 0.15) is 0 Å². The highest BCUT2D eigenvalue weighted by atomic mass is 16.2. The van der Waals surface area contributed by atoms with Gasteiger partial charge in [0.15, 0.2) is 0 Å². The second kappa shape index (κ2) is 9.57. The molecular weight excluding hydrogens is 376 g/mol. The molecule has 6 nitrogen and oxygen atoms in total. The third kappa shape index (κ3) is 5.06. The molecule has 0 aliphatic heterocycles.